The molecule has 0 saturated carbocycles. The van der Waals surface area contributed by atoms with E-state index in [-0.39, 0.29) is 0 Å². The van der Waals surface area contributed by atoms with Crippen LogP contribution in [0.5, 0.6) is 0 Å². The summed E-state index contributed by atoms with van der Waals surface area (Å²) in [5.74, 6) is 0. The molecular weight excluding hydrogens is 191 g/mol. The monoisotopic (exact) mass is 194 g/mol. The van der Waals surface area contributed by atoms with E-state index in [0.29, 0.717) is 6.54 Å². The lowest BCUT2D eigenvalue weighted by Crippen LogP contribution is -2.13. The summed E-state index contributed by atoms with van der Waals surface area (Å²) in [5, 5.41) is 0. The first-order chi connectivity index (χ1) is 3.79. The Kier molecular flexibility index (Phi) is 1.91. The van der Waals surface area contributed by atoms with Crippen LogP contribution in [0.4, 0.5) is 0 Å². The molecule has 0 aromatic carbocycles. The van der Waals surface area contributed by atoms with Gasteiger partial charge in [-0.05, 0) is 0 Å². The molecule has 0 saturated heterocycles. The summed E-state index contributed by atoms with van der Waals surface area (Å²) in [6.45, 7) is 0.699. The van der Waals surface area contributed by atoms with Crippen LogP contribution in [0.25, 0.3) is 0 Å². The third-order valence-corrected chi connectivity index (χ3v) is 1.37. The highest BCUT2D eigenvalue weighted by atomic mass is 79.9. The molecule has 0 amide bonds. The first kappa shape index (κ1) is 6.11. The molecule has 0 unspecified atom stereocenters. The first-order valence-electron chi connectivity index (χ1n) is 2.09. The molecule has 0 spiro atoms. The van der Waals surface area contributed by atoms with Crippen molar-refractivity contribution in [2.45, 2.75) is 0 Å². The normalized spacial score (nSPS) is 18.8. The molecule has 0 aromatic heterocycles. The highest BCUT2D eigenvalue weighted by Crippen LogP contribution is 2.11. The molecule has 2 nitrogen and oxygen atoms in total. The van der Waals surface area contributed by atoms with Gasteiger partial charge in [0.25, 0.3) is 0 Å². The van der Waals surface area contributed by atoms with Gasteiger partial charge in [-0.25, -0.2) is 4.99 Å². The molecule has 8 heavy (non-hydrogen) atoms. The lowest BCUT2D eigenvalue weighted by Gasteiger charge is -2.10. The second-order valence-corrected chi connectivity index (χ2v) is 2.85. The number of hydrogen-bond acceptors (Lipinski definition) is 2. The van der Waals surface area contributed by atoms with Crippen LogP contribution in [0.15, 0.2) is 15.7 Å². The Hall–Kier alpha value is -0.0200. The number of hydrogen-bond donors (Lipinski definition) is 0. The minimum absolute atomic E-state index is 0.699. The average Bonchev–Trinajstić information content (AvgIpc) is 1.64. The van der Waals surface area contributed by atoms with E-state index in [1.54, 1.807) is 12.5 Å². The topological polar surface area (TPSA) is 15.6 Å². The van der Waals surface area contributed by atoms with Crippen molar-refractivity contribution in [1.29, 1.82) is 0 Å². The summed E-state index contributed by atoms with van der Waals surface area (Å²) in [6.07, 6.45) is 3.28. The Morgan fingerprint density at radius 1 is 1.88 bits per heavy atom. The van der Waals surface area contributed by atoms with Crippen molar-refractivity contribution in [2.24, 2.45) is 4.99 Å². The maximum absolute atomic E-state index is 5.52. The first-order valence-corrected chi connectivity index (χ1v) is 3.22. The summed E-state index contributed by atoms with van der Waals surface area (Å²) < 4.78 is 2.47. The minimum atomic E-state index is 0.699. The number of rotatable bonds is 0. The summed E-state index contributed by atoms with van der Waals surface area (Å²) in [4.78, 5) is 3.80. The van der Waals surface area contributed by atoms with E-state index in [0.717, 1.165) is 4.48 Å². The molecular formula is C4H4BrClN2. The van der Waals surface area contributed by atoms with Crippen molar-refractivity contribution in [3.63, 3.8) is 0 Å². The summed E-state index contributed by atoms with van der Waals surface area (Å²) in [6, 6.07) is 0. The predicted molar refractivity (Wildman–Crippen MR) is 38.1 cm³/mol. The van der Waals surface area contributed by atoms with Crippen LogP contribution in [0.3, 0.4) is 0 Å². The van der Waals surface area contributed by atoms with Crippen molar-refractivity contribution in [3.8, 4) is 0 Å². The van der Waals surface area contributed by atoms with Gasteiger partial charge < -0.3 is 0 Å². The lowest BCUT2D eigenvalue weighted by molar-refractivity contribution is 0.742. The summed E-state index contributed by atoms with van der Waals surface area (Å²) in [7, 11) is 0. The van der Waals surface area contributed by atoms with Gasteiger partial charge in [0.2, 0.25) is 0 Å². The molecule has 0 atom stereocenters. The molecule has 1 heterocycles. The zero-order valence-electron chi connectivity index (χ0n) is 4.01. The lowest BCUT2D eigenvalue weighted by atomic mass is 10.6. The Morgan fingerprint density at radius 3 is 3.00 bits per heavy atom. The van der Waals surface area contributed by atoms with Gasteiger partial charge in [-0.2, -0.15) is 0 Å². The van der Waals surface area contributed by atoms with Gasteiger partial charge in [0, 0.05) is 22.5 Å². The quantitative estimate of drug-likeness (QED) is 0.538. The maximum atomic E-state index is 5.52. The second-order valence-electron chi connectivity index (χ2n) is 1.40. The largest absolute Gasteiger partial charge is 0.270 e. The third-order valence-electron chi connectivity index (χ3n) is 0.709. The van der Waals surface area contributed by atoms with Crippen LogP contribution >= 0.6 is 27.7 Å². The van der Waals surface area contributed by atoms with E-state index in [4.69, 9.17) is 11.8 Å². The van der Waals surface area contributed by atoms with Crippen molar-refractivity contribution in [1.82, 2.24) is 4.42 Å². The summed E-state index contributed by atoms with van der Waals surface area (Å²) in [5.41, 5.74) is 0. The van der Waals surface area contributed by atoms with Crippen LogP contribution in [0, 0.1) is 0 Å². The fourth-order valence-electron chi connectivity index (χ4n) is 0.412. The molecule has 1 aliphatic rings. The Bertz CT molecular complexity index is 143. The van der Waals surface area contributed by atoms with Gasteiger partial charge in [-0.1, -0.05) is 15.9 Å². The standard InChI is InChI=1S/C4H4BrClN2/c5-4-1-7-3-8(6)2-4/h1,3H,2H2. The van der Waals surface area contributed by atoms with E-state index in [2.05, 4.69) is 20.9 Å². The SMILES string of the molecule is ClN1C=NC=C(Br)C1. The average molecular weight is 195 g/mol. The number of aliphatic imine (C=N–C) groups is 1. The third kappa shape index (κ3) is 1.49. The van der Waals surface area contributed by atoms with Crippen LogP contribution in [-0.4, -0.2) is 17.3 Å². The fourth-order valence-corrected chi connectivity index (χ4v) is 1.12. The second kappa shape index (κ2) is 2.51. The van der Waals surface area contributed by atoms with Crippen molar-refractivity contribution in [2.75, 3.05) is 6.54 Å². The molecule has 0 bridgehead atoms. The number of nitrogens with zero attached hydrogens (tertiary/aromatic N) is 2. The molecule has 4 heteroatoms. The van der Waals surface area contributed by atoms with Gasteiger partial charge in [0.15, 0.2) is 0 Å². The van der Waals surface area contributed by atoms with Crippen LogP contribution in [0.2, 0.25) is 0 Å². The maximum Gasteiger partial charge on any atom is 0.105 e. The van der Waals surface area contributed by atoms with Crippen molar-refractivity contribution < 1.29 is 0 Å². The highest BCUT2D eigenvalue weighted by molar-refractivity contribution is 9.11. The van der Waals surface area contributed by atoms with Crippen LogP contribution < -0.4 is 0 Å². The summed E-state index contributed by atoms with van der Waals surface area (Å²) >= 11 is 8.77. The van der Waals surface area contributed by atoms with Gasteiger partial charge in [-0.15, -0.1) is 0 Å². The molecule has 0 radical (unpaired) electrons. The van der Waals surface area contributed by atoms with E-state index in [1.165, 1.54) is 4.42 Å². The van der Waals surface area contributed by atoms with E-state index >= 15 is 0 Å². The van der Waals surface area contributed by atoms with Crippen LogP contribution in [-0.2, 0) is 0 Å². The van der Waals surface area contributed by atoms with Gasteiger partial charge in [0.05, 0.1) is 6.54 Å². The van der Waals surface area contributed by atoms with Gasteiger partial charge in [-0.3, -0.25) is 4.42 Å². The smallest absolute Gasteiger partial charge is 0.105 e. The molecule has 0 aliphatic carbocycles. The molecule has 0 fully saturated rings. The Morgan fingerprint density at radius 2 is 2.62 bits per heavy atom. The molecule has 1 aliphatic heterocycles. The van der Waals surface area contributed by atoms with Crippen LogP contribution in [0.1, 0.15) is 0 Å². The Balaban J connectivity index is 2.59. The number of halogens is 2. The van der Waals surface area contributed by atoms with E-state index < -0.39 is 0 Å². The van der Waals surface area contributed by atoms with Crippen molar-refractivity contribution in [3.05, 3.63) is 10.7 Å². The van der Waals surface area contributed by atoms with E-state index in [1.807, 2.05) is 0 Å². The predicted octanol–water partition coefficient (Wildman–Crippen LogP) is 1.72. The Labute approximate surface area is 61.1 Å². The van der Waals surface area contributed by atoms with E-state index in [9.17, 15) is 0 Å². The molecule has 1 rings (SSSR count). The molecule has 44 valence electrons. The zero-order valence-corrected chi connectivity index (χ0v) is 6.35. The zero-order chi connectivity index (χ0) is 5.98. The molecule has 0 N–H and O–H groups in total. The minimum Gasteiger partial charge on any atom is -0.270 e. The fraction of sp³-hybridized carbons (Fsp3) is 0.250. The van der Waals surface area contributed by atoms with Gasteiger partial charge >= 0.3 is 0 Å². The van der Waals surface area contributed by atoms with Crippen molar-refractivity contribution >= 4 is 34.0 Å². The van der Waals surface area contributed by atoms with Gasteiger partial charge in [0.1, 0.15) is 6.34 Å². The molecule has 0 aromatic rings. The highest BCUT2D eigenvalue weighted by Gasteiger charge is 2.00.